The van der Waals surface area contributed by atoms with E-state index in [-0.39, 0.29) is 5.82 Å². The fourth-order valence-corrected chi connectivity index (χ4v) is 1.32. The summed E-state index contributed by atoms with van der Waals surface area (Å²) in [6.07, 6.45) is -5.12. The molecule has 3 N–H and O–H groups in total. The lowest BCUT2D eigenvalue weighted by Crippen LogP contribution is -2.24. The number of rotatable bonds is 3. The minimum absolute atomic E-state index is 0.231. The van der Waals surface area contributed by atoms with Crippen LogP contribution >= 0.6 is 0 Å². The van der Waals surface area contributed by atoms with Crippen molar-refractivity contribution < 1.29 is 13.2 Å². The van der Waals surface area contributed by atoms with Gasteiger partial charge in [-0.05, 0) is 13.8 Å². The highest BCUT2D eigenvalue weighted by Gasteiger charge is 2.30. The van der Waals surface area contributed by atoms with Crippen LogP contribution in [-0.2, 0) is 0 Å². The van der Waals surface area contributed by atoms with Gasteiger partial charge in [0.2, 0.25) is 0 Å². The predicted molar refractivity (Wildman–Crippen MR) is 54.9 cm³/mol. The third-order valence-electron chi connectivity index (χ3n) is 1.79. The number of anilines is 2. The van der Waals surface area contributed by atoms with Crippen molar-refractivity contribution in [2.24, 2.45) is 0 Å². The maximum absolute atomic E-state index is 12.1. The summed E-state index contributed by atoms with van der Waals surface area (Å²) in [6.45, 7) is 3.05. The first-order valence-electron chi connectivity index (χ1n) is 4.71. The van der Waals surface area contributed by atoms with Crippen LogP contribution in [0.25, 0.3) is 0 Å². The molecule has 0 fully saturated rings. The van der Waals surface area contributed by atoms with Gasteiger partial charge in [0.1, 0.15) is 17.5 Å². The lowest BCUT2D eigenvalue weighted by Gasteiger charge is -2.16. The van der Waals surface area contributed by atoms with Crippen molar-refractivity contribution in [3.05, 3.63) is 11.9 Å². The van der Waals surface area contributed by atoms with E-state index in [2.05, 4.69) is 15.3 Å². The summed E-state index contributed by atoms with van der Waals surface area (Å²) in [4.78, 5) is 7.76. The molecule has 0 saturated carbocycles. The lowest BCUT2D eigenvalue weighted by molar-refractivity contribution is -0.136. The summed E-state index contributed by atoms with van der Waals surface area (Å²) in [7, 11) is 0. The fourth-order valence-electron chi connectivity index (χ4n) is 1.32. The second kappa shape index (κ2) is 4.54. The molecule has 16 heavy (non-hydrogen) atoms. The normalized spacial score (nSPS) is 13.6. The fraction of sp³-hybridized carbons (Fsp3) is 0.556. The molecule has 1 unspecified atom stereocenters. The van der Waals surface area contributed by atoms with Crippen molar-refractivity contribution in [1.29, 1.82) is 0 Å². The molecule has 1 atom stereocenters. The second-order valence-electron chi connectivity index (χ2n) is 3.59. The summed E-state index contributed by atoms with van der Waals surface area (Å²) < 4.78 is 36.2. The van der Waals surface area contributed by atoms with E-state index in [9.17, 15) is 13.2 Å². The molecule has 0 aromatic carbocycles. The molecule has 1 aromatic rings. The average Bonchev–Trinajstić information content (AvgIpc) is 1.96. The molecule has 90 valence electrons. The van der Waals surface area contributed by atoms with Crippen molar-refractivity contribution in [2.45, 2.75) is 32.5 Å². The zero-order valence-electron chi connectivity index (χ0n) is 8.97. The van der Waals surface area contributed by atoms with Crippen LogP contribution in [-0.4, -0.2) is 22.2 Å². The molecule has 1 aromatic heterocycles. The Morgan fingerprint density at radius 3 is 2.56 bits per heavy atom. The number of halogens is 3. The Morgan fingerprint density at radius 1 is 1.44 bits per heavy atom. The van der Waals surface area contributed by atoms with Crippen LogP contribution in [0.2, 0.25) is 0 Å². The Morgan fingerprint density at radius 2 is 2.06 bits per heavy atom. The first-order chi connectivity index (χ1) is 7.26. The highest BCUT2D eigenvalue weighted by molar-refractivity contribution is 5.44. The Bertz CT molecular complexity index is 344. The molecule has 0 saturated heterocycles. The molecule has 7 heteroatoms. The second-order valence-corrected chi connectivity index (χ2v) is 3.59. The van der Waals surface area contributed by atoms with Gasteiger partial charge in [-0.25, -0.2) is 9.97 Å². The van der Waals surface area contributed by atoms with Gasteiger partial charge in [-0.15, -0.1) is 0 Å². The zero-order valence-corrected chi connectivity index (χ0v) is 8.97. The minimum Gasteiger partial charge on any atom is -0.384 e. The zero-order chi connectivity index (χ0) is 12.3. The standard InChI is InChI=1S/C9H13F3N4/c1-5(4-9(10,11)12)14-8-3-7(13)15-6(2)16-8/h3,5H,4H2,1-2H3,(H3,13,14,15,16). The minimum atomic E-state index is -4.19. The van der Waals surface area contributed by atoms with Crippen LogP contribution in [0, 0.1) is 6.92 Å². The van der Waals surface area contributed by atoms with Gasteiger partial charge in [0, 0.05) is 12.1 Å². The maximum Gasteiger partial charge on any atom is 0.391 e. The van der Waals surface area contributed by atoms with Gasteiger partial charge < -0.3 is 11.1 Å². The third-order valence-corrected chi connectivity index (χ3v) is 1.79. The van der Waals surface area contributed by atoms with E-state index in [1.54, 1.807) is 6.92 Å². The van der Waals surface area contributed by atoms with Crippen LogP contribution in [0.15, 0.2) is 6.07 Å². The van der Waals surface area contributed by atoms with E-state index in [1.807, 2.05) is 0 Å². The molecule has 4 nitrogen and oxygen atoms in total. The number of nitrogen functional groups attached to an aromatic ring is 1. The Hall–Kier alpha value is -1.53. The predicted octanol–water partition coefficient (Wildman–Crippen LogP) is 2.12. The smallest absolute Gasteiger partial charge is 0.384 e. The number of hydrogen-bond acceptors (Lipinski definition) is 4. The topological polar surface area (TPSA) is 63.8 Å². The van der Waals surface area contributed by atoms with Crippen LogP contribution < -0.4 is 11.1 Å². The highest BCUT2D eigenvalue weighted by Crippen LogP contribution is 2.23. The van der Waals surface area contributed by atoms with Gasteiger partial charge in [0.05, 0.1) is 6.42 Å². The highest BCUT2D eigenvalue weighted by atomic mass is 19.4. The number of aryl methyl sites for hydroxylation is 1. The summed E-state index contributed by atoms with van der Waals surface area (Å²) in [5.41, 5.74) is 5.45. The van der Waals surface area contributed by atoms with Crippen LogP contribution in [0.4, 0.5) is 24.8 Å². The molecule has 0 aliphatic rings. The van der Waals surface area contributed by atoms with Gasteiger partial charge in [0.15, 0.2) is 0 Å². The molecule has 0 spiro atoms. The van der Waals surface area contributed by atoms with Gasteiger partial charge in [0.25, 0.3) is 0 Å². The molecule has 0 bridgehead atoms. The van der Waals surface area contributed by atoms with E-state index in [4.69, 9.17) is 5.73 Å². The van der Waals surface area contributed by atoms with Gasteiger partial charge >= 0.3 is 6.18 Å². The summed E-state index contributed by atoms with van der Waals surface area (Å²) in [6, 6.07) is 0.647. The largest absolute Gasteiger partial charge is 0.391 e. The number of nitrogens with two attached hydrogens (primary N) is 1. The van der Waals surface area contributed by atoms with E-state index in [0.717, 1.165) is 0 Å². The SMILES string of the molecule is Cc1nc(N)cc(NC(C)CC(F)(F)F)n1. The van der Waals surface area contributed by atoms with Crippen molar-refractivity contribution in [2.75, 3.05) is 11.1 Å². The number of nitrogens with zero attached hydrogens (tertiary/aromatic N) is 2. The number of hydrogen-bond donors (Lipinski definition) is 2. The van der Waals surface area contributed by atoms with Crippen LogP contribution in [0.1, 0.15) is 19.2 Å². The van der Waals surface area contributed by atoms with Crippen molar-refractivity contribution in [3.63, 3.8) is 0 Å². The Balaban J connectivity index is 2.66. The van der Waals surface area contributed by atoms with Crippen molar-refractivity contribution in [3.8, 4) is 0 Å². The average molecular weight is 234 g/mol. The molecule has 1 heterocycles. The maximum atomic E-state index is 12.1. The van der Waals surface area contributed by atoms with Crippen molar-refractivity contribution in [1.82, 2.24) is 9.97 Å². The number of aromatic nitrogens is 2. The molecule has 0 radical (unpaired) electrons. The monoisotopic (exact) mass is 234 g/mol. The van der Waals surface area contributed by atoms with E-state index in [0.29, 0.717) is 11.6 Å². The van der Waals surface area contributed by atoms with E-state index in [1.165, 1.54) is 13.0 Å². The third kappa shape index (κ3) is 4.33. The first kappa shape index (κ1) is 12.5. The van der Waals surface area contributed by atoms with Gasteiger partial charge in [-0.2, -0.15) is 13.2 Å². The quantitative estimate of drug-likeness (QED) is 0.840. The molecular formula is C9H13F3N4. The van der Waals surface area contributed by atoms with Crippen molar-refractivity contribution >= 4 is 11.6 Å². The lowest BCUT2D eigenvalue weighted by atomic mass is 10.2. The number of alkyl halides is 3. The Labute approximate surface area is 91.1 Å². The molecule has 0 aliphatic heterocycles. The van der Waals surface area contributed by atoms with Crippen LogP contribution in [0.3, 0.4) is 0 Å². The van der Waals surface area contributed by atoms with Gasteiger partial charge in [-0.3, -0.25) is 0 Å². The Kier molecular flexibility index (Phi) is 3.56. The first-order valence-corrected chi connectivity index (χ1v) is 4.71. The molecule has 1 rings (SSSR count). The summed E-state index contributed by atoms with van der Waals surface area (Å²) >= 11 is 0. The number of nitrogens with one attached hydrogen (secondary N) is 1. The van der Waals surface area contributed by atoms with E-state index >= 15 is 0 Å². The molecular weight excluding hydrogens is 221 g/mol. The summed E-state index contributed by atoms with van der Waals surface area (Å²) in [5.74, 6) is 0.956. The molecule has 0 aliphatic carbocycles. The van der Waals surface area contributed by atoms with E-state index < -0.39 is 18.6 Å². The summed E-state index contributed by atoms with van der Waals surface area (Å²) in [5, 5.41) is 2.63. The van der Waals surface area contributed by atoms with Gasteiger partial charge in [-0.1, -0.05) is 0 Å². The molecule has 0 amide bonds. The van der Waals surface area contributed by atoms with Crippen LogP contribution in [0.5, 0.6) is 0 Å².